The van der Waals surface area contributed by atoms with E-state index in [-0.39, 0.29) is 15.9 Å². The lowest BCUT2D eigenvalue weighted by atomic mass is 10.3. The van der Waals surface area contributed by atoms with E-state index in [1.807, 2.05) is 0 Å². The fraction of sp³-hybridized carbons (Fsp3) is 0.182. The van der Waals surface area contributed by atoms with Gasteiger partial charge in [-0.15, -0.1) is 0 Å². The van der Waals surface area contributed by atoms with Gasteiger partial charge in [-0.3, -0.25) is 8.93 Å². The van der Waals surface area contributed by atoms with Crippen LogP contribution in [0.1, 0.15) is 0 Å². The Morgan fingerprint density at radius 3 is 2.55 bits per heavy atom. The zero-order valence-electron chi connectivity index (χ0n) is 10.7. The first-order valence-electron chi connectivity index (χ1n) is 5.45. The molecule has 0 amide bonds. The standard InChI is InChI=1S/C11H12ClN3O3S2/c1-15-7-13-11(10(15)12)20(17,18)14-8-5-3-4-6-9(8)19(2)16/h3-7,14H,1-2H3/t19-/m0/s1. The van der Waals surface area contributed by atoms with Crippen LogP contribution in [0.15, 0.2) is 40.5 Å². The van der Waals surface area contributed by atoms with Gasteiger partial charge in [-0.05, 0) is 12.1 Å². The summed E-state index contributed by atoms with van der Waals surface area (Å²) in [5, 5.41) is -0.258. The third kappa shape index (κ3) is 2.87. The molecule has 1 aromatic carbocycles. The Kier molecular flexibility index (Phi) is 4.17. The third-order valence-electron chi connectivity index (χ3n) is 2.53. The maximum atomic E-state index is 12.2. The second kappa shape index (κ2) is 5.55. The van der Waals surface area contributed by atoms with Gasteiger partial charge in [0.05, 0.1) is 27.7 Å². The van der Waals surface area contributed by atoms with Gasteiger partial charge in [-0.25, -0.2) is 4.98 Å². The maximum Gasteiger partial charge on any atom is 0.282 e. The first-order chi connectivity index (χ1) is 9.33. The van der Waals surface area contributed by atoms with Crippen LogP contribution in [0.2, 0.25) is 5.15 Å². The monoisotopic (exact) mass is 333 g/mol. The van der Waals surface area contributed by atoms with E-state index in [1.54, 1.807) is 25.2 Å². The van der Waals surface area contributed by atoms with Gasteiger partial charge in [-0.1, -0.05) is 23.7 Å². The number of halogens is 1. The molecule has 0 aliphatic rings. The molecule has 0 saturated carbocycles. The maximum absolute atomic E-state index is 12.2. The Morgan fingerprint density at radius 1 is 1.35 bits per heavy atom. The molecule has 6 nitrogen and oxygen atoms in total. The van der Waals surface area contributed by atoms with E-state index in [1.165, 1.54) is 23.2 Å². The number of benzene rings is 1. The quantitative estimate of drug-likeness (QED) is 0.921. The number of nitrogens with zero attached hydrogens (tertiary/aromatic N) is 2. The zero-order chi connectivity index (χ0) is 14.9. The lowest BCUT2D eigenvalue weighted by Crippen LogP contribution is -2.15. The summed E-state index contributed by atoms with van der Waals surface area (Å²) in [5.41, 5.74) is 0.245. The van der Waals surface area contributed by atoms with E-state index in [0.29, 0.717) is 4.90 Å². The molecule has 0 aliphatic heterocycles. The van der Waals surface area contributed by atoms with Crippen molar-refractivity contribution in [2.75, 3.05) is 11.0 Å². The minimum Gasteiger partial charge on any atom is -0.324 e. The van der Waals surface area contributed by atoms with Gasteiger partial charge in [-0.2, -0.15) is 8.42 Å². The smallest absolute Gasteiger partial charge is 0.282 e. The van der Waals surface area contributed by atoms with Crippen LogP contribution in [0.5, 0.6) is 0 Å². The zero-order valence-corrected chi connectivity index (χ0v) is 13.1. The third-order valence-corrected chi connectivity index (χ3v) is 5.36. The van der Waals surface area contributed by atoms with Crippen LogP contribution in [-0.4, -0.2) is 28.4 Å². The number of hydrogen-bond acceptors (Lipinski definition) is 4. The van der Waals surface area contributed by atoms with Gasteiger partial charge in [0.1, 0.15) is 5.15 Å². The Morgan fingerprint density at radius 2 is 2.00 bits per heavy atom. The van der Waals surface area contributed by atoms with Gasteiger partial charge < -0.3 is 4.57 Å². The Labute approximate surface area is 124 Å². The Balaban J connectivity index is 2.44. The highest BCUT2D eigenvalue weighted by Crippen LogP contribution is 2.24. The topological polar surface area (TPSA) is 81.1 Å². The van der Waals surface area contributed by atoms with Crippen molar-refractivity contribution in [2.45, 2.75) is 9.92 Å². The normalized spacial score (nSPS) is 13.2. The summed E-state index contributed by atoms with van der Waals surface area (Å²) < 4.78 is 39.8. The molecule has 1 aromatic heterocycles. The van der Waals surface area contributed by atoms with Crippen molar-refractivity contribution in [3.05, 3.63) is 35.7 Å². The molecule has 0 saturated heterocycles. The minimum atomic E-state index is -3.93. The number of hydrogen-bond donors (Lipinski definition) is 1. The molecule has 1 heterocycles. The van der Waals surface area contributed by atoms with E-state index in [9.17, 15) is 12.6 Å². The minimum absolute atomic E-state index is 0.00704. The molecule has 0 radical (unpaired) electrons. The van der Waals surface area contributed by atoms with Gasteiger partial charge in [0, 0.05) is 13.3 Å². The van der Waals surface area contributed by atoms with Crippen molar-refractivity contribution in [2.24, 2.45) is 7.05 Å². The molecule has 0 unspecified atom stereocenters. The molecule has 1 atom stereocenters. The SMILES string of the molecule is Cn1cnc(S(=O)(=O)Nc2ccccc2[S@](C)=O)c1Cl. The Hall–Kier alpha value is -1.38. The van der Waals surface area contributed by atoms with Gasteiger partial charge in [0.25, 0.3) is 10.0 Å². The fourth-order valence-corrected chi connectivity index (χ4v) is 3.85. The molecular weight excluding hydrogens is 322 g/mol. The molecule has 108 valence electrons. The molecular formula is C11H12ClN3O3S2. The second-order valence-electron chi connectivity index (χ2n) is 4.01. The van der Waals surface area contributed by atoms with Crippen molar-refractivity contribution >= 4 is 38.1 Å². The predicted molar refractivity (Wildman–Crippen MR) is 77.8 cm³/mol. The number of rotatable bonds is 4. The largest absolute Gasteiger partial charge is 0.324 e. The number of sulfonamides is 1. The molecule has 0 spiro atoms. The first-order valence-corrected chi connectivity index (χ1v) is 8.87. The van der Waals surface area contributed by atoms with Crippen molar-refractivity contribution in [3.8, 4) is 0 Å². The molecule has 0 bridgehead atoms. The molecule has 1 N–H and O–H groups in total. The predicted octanol–water partition coefficient (Wildman–Crippen LogP) is 1.61. The highest BCUT2D eigenvalue weighted by molar-refractivity contribution is 7.92. The molecule has 0 aliphatic carbocycles. The van der Waals surface area contributed by atoms with Crippen LogP contribution in [0.4, 0.5) is 5.69 Å². The van der Waals surface area contributed by atoms with E-state index in [4.69, 9.17) is 11.6 Å². The van der Waals surface area contributed by atoms with E-state index >= 15 is 0 Å². The molecule has 9 heteroatoms. The summed E-state index contributed by atoms with van der Waals surface area (Å²) in [5.74, 6) is 0. The summed E-state index contributed by atoms with van der Waals surface area (Å²) >= 11 is 5.88. The van der Waals surface area contributed by atoms with E-state index < -0.39 is 20.8 Å². The lowest BCUT2D eigenvalue weighted by Gasteiger charge is -2.09. The first kappa shape index (κ1) is 15.0. The van der Waals surface area contributed by atoms with E-state index in [0.717, 1.165) is 0 Å². The summed E-state index contributed by atoms with van der Waals surface area (Å²) in [6.45, 7) is 0. The van der Waals surface area contributed by atoms with E-state index in [2.05, 4.69) is 9.71 Å². The highest BCUT2D eigenvalue weighted by atomic mass is 35.5. The number of anilines is 1. The number of nitrogens with one attached hydrogen (secondary N) is 1. The number of aromatic nitrogens is 2. The van der Waals surface area contributed by atoms with Crippen molar-refractivity contribution in [1.29, 1.82) is 0 Å². The summed E-state index contributed by atoms with van der Waals surface area (Å²) in [6, 6.07) is 6.45. The van der Waals surface area contributed by atoms with Crippen LogP contribution in [0.3, 0.4) is 0 Å². The summed E-state index contributed by atoms with van der Waals surface area (Å²) in [4.78, 5) is 4.15. The van der Waals surface area contributed by atoms with Gasteiger partial charge in [0.2, 0.25) is 5.03 Å². The molecule has 2 aromatic rings. The van der Waals surface area contributed by atoms with Crippen molar-refractivity contribution in [1.82, 2.24) is 9.55 Å². The number of para-hydroxylation sites is 1. The van der Waals surface area contributed by atoms with Crippen molar-refractivity contribution < 1.29 is 12.6 Å². The van der Waals surface area contributed by atoms with Crippen LogP contribution in [0, 0.1) is 0 Å². The van der Waals surface area contributed by atoms with Crippen LogP contribution < -0.4 is 4.72 Å². The van der Waals surface area contributed by atoms with Crippen LogP contribution in [-0.2, 0) is 27.9 Å². The summed E-state index contributed by atoms with van der Waals surface area (Å²) in [7, 11) is -3.66. The average Bonchev–Trinajstić information content (AvgIpc) is 2.70. The Bertz CT molecular complexity index is 771. The van der Waals surface area contributed by atoms with Gasteiger partial charge >= 0.3 is 0 Å². The van der Waals surface area contributed by atoms with Crippen LogP contribution in [0.25, 0.3) is 0 Å². The van der Waals surface area contributed by atoms with Crippen LogP contribution >= 0.6 is 11.6 Å². The second-order valence-corrected chi connectivity index (χ2v) is 7.31. The fourth-order valence-electron chi connectivity index (χ4n) is 1.57. The van der Waals surface area contributed by atoms with Crippen molar-refractivity contribution in [3.63, 3.8) is 0 Å². The highest BCUT2D eigenvalue weighted by Gasteiger charge is 2.23. The average molecular weight is 334 g/mol. The number of aryl methyl sites for hydroxylation is 1. The molecule has 20 heavy (non-hydrogen) atoms. The van der Waals surface area contributed by atoms with Gasteiger partial charge in [0.15, 0.2) is 0 Å². The lowest BCUT2D eigenvalue weighted by molar-refractivity contribution is 0.598. The number of imidazole rings is 1. The summed E-state index contributed by atoms with van der Waals surface area (Å²) in [6.07, 6.45) is 2.78. The molecule has 2 rings (SSSR count). The molecule has 0 fully saturated rings.